The number of sulfone groups is 3. The van der Waals surface area contributed by atoms with E-state index >= 15 is 0 Å². The van der Waals surface area contributed by atoms with Crippen LogP contribution in [0.15, 0.2) is 0 Å². The Balaban J connectivity index is 5.90. The van der Waals surface area contributed by atoms with Crippen LogP contribution in [0, 0.1) is 0 Å². The van der Waals surface area contributed by atoms with Gasteiger partial charge in [0.05, 0.1) is 0 Å². The zero-order valence-corrected chi connectivity index (χ0v) is 10.4. The maximum Gasteiger partial charge on any atom is 0.261 e. The molecular formula is C5H12O6S3. The minimum Gasteiger partial charge on any atom is -0.227 e. The monoisotopic (exact) mass is 264 g/mol. The van der Waals surface area contributed by atoms with E-state index in [1.807, 2.05) is 0 Å². The van der Waals surface area contributed by atoms with Gasteiger partial charge in [-0.15, -0.1) is 0 Å². The molecule has 0 rings (SSSR count). The Morgan fingerprint density at radius 2 is 1.14 bits per heavy atom. The molecule has 0 spiro atoms. The highest BCUT2D eigenvalue weighted by molar-refractivity contribution is 8.23. The first-order valence-electron chi connectivity index (χ1n) is 3.52. The second-order valence-electron chi connectivity index (χ2n) is 2.90. The highest BCUT2D eigenvalue weighted by atomic mass is 32.3. The summed E-state index contributed by atoms with van der Waals surface area (Å²) >= 11 is 0. The number of hydrogen-bond acceptors (Lipinski definition) is 6. The molecule has 9 heteroatoms. The molecule has 0 aromatic heterocycles. The second kappa shape index (κ2) is 3.78. The summed E-state index contributed by atoms with van der Waals surface area (Å²) in [5.74, 6) is -0.530. The zero-order chi connectivity index (χ0) is 11.8. The number of rotatable bonds is 4. The van der Waals surface area contributed by atoms with Gasteiger partial charge in [0.15, 0.2) is 29.5 Å². The summed E-state index contributed by atoms with van der Waals surface area (Å²) in [6, 6.07) is 0. The third kappa shape index (κ3) is 3.21. The molecule has 14 heavy (non-hydrogen) atoms. The van der Waals surface area contributed by atoms with Crippen molar-refractivity contribution in [3.8, 4) is 0 Å². The van der Waals surface area contributed by atoms with E-state index in [1.54, 1.807) is 0 Å². The third-order valence-electron chi connectivity index (χ3n) is 1.39. The fraction of sp³-hybridized carbons (Fsp3) is 1.00. The lowest BCUT2D eigenvalue weighted by molar-refractivity contribution is 0.578. The molecule has 0 atom stereocenters. The fourth-order valence-electron chi connectivity index (χ4n) is 0.986. The molecule has 0 bridgehead atoms. The summed E-state index contributed by atoms with van der Waals surface area (Å²) in [6.07, 6.45) is 1.18. The Bertz CT molecular complexity index is 462. The Hall–Kier alpha value is -0.150. The van der Waals surface area contributed by atoms with Crippen molar-refractivity contribution in [1.29, 1.82) is 0 Å². The molecule has 6 nitrogen and oxygen atoms in total. The highest BCUT2D eigenvalue weighted by Crippen LogP contribution is 2.15. The van der Waals surface area contributed by atoms with E-state index in [0.717, 1.165) is 0 Å². The summed E-state index contributed by atoms with van der Waals surface area (Å²) < 4.78 is 64.2. The van der Waals surface area contributed by atoms with Gasteiger partial charge in [-0.1, -0.05) is 6.92 Å². The fourth-order valence-corrected chi connectivity index (χ4v) is 8.88. The van der Waals surface area contributed by atoms with E-state index < -0.39 is 39.2 Å². The van der Waals surface area contributed by atoms with Crippen molar-refractivity contribution in [2.45, 2.75) is 10.8 Å². The standard InChI is InChI=1S/C5H12O6S3/c1-4-14(10,11)5(12(2,6)7)13(3,8)9/h5H,4H2,1-3H3. The van der Waals surface area contributed by atoms with Gasteiger partial charge in [0.25, 0.3) is 3.91 Å². The molecule has 0 saturated heterocycles. The maximum atomic E-state index is 11.2. The molecule has 0 heterocycles. The Morgan fingerprint density at radius 3 is 1.21 bits per heavy atom. The van der Waals surface area contributed by atoms with E-state index in [0.29, 0.717) is 12.5 Å². The second-order valence-corrected chi connectivity index (χ2v) is 10.4. The van der Waals surface area contributed by atoms with Crippen LogP contribution in [0.2, 0.25) is 0 Å². The van der Waals surface area contributed by atoms with Crippen LogP contribution >= 0.6 is 0 Å². The van der Waals surface area contributed by atoms with Crippen molar-refractivity contribution >= 4 is 29.5 Å². The maximum absolute atomic E-state index is 11.2. The highest BCUT2D eigenvalue weighted by Gasteiger charge is 2.42. The topological polar surface area (TPSA) is 102 Å². The Kier molecular flexibility index (Phi) is 3.74. The first-order chi connectivity index (χ1) is 5.93. The SMILES string of the molecule is CCS(=O)(=O)C(S(C)(=O)=O)S(C)(=O)=O. The summed E-state index contributed by atoms with van der Waals surface area (Å²) in [7, 11) is -12.5. The molecule has 0 saturated carbocycles. The smallest absolute Gasteiger partial charge is 0.227 e. The molecule has 0 fully saturated rings. The van der Waals surface area contributed by atoms with Crippen LogP contribution in [0.3, 0.4) is 0 Å². The van der Waals surface area contributed by atoms with Crippen molar-refractivity contribution in [3.63, 3.8) is 0 Å². The van der Waals surface area contributed by atoms with Gasteiger partial charge in [-0.25, -0.2) is 25.3 Å². The minimum absolute atomic E-state index is 0.530. The van der Waals surface area contributed by atoms with Crippen LogP contribution in [0.1, 0.15) is 6.92 Å². The van der Waals surface area contributed by atoms with Crippen LogP contribution in [0.5, 0.6) is 0 Å². The first kappa shape index (κ1) is 13.8. The molecule has 0 aliphatic rings. The molecule has 0 unspecified atom stereocenters. The predicted molar refractivity (Wildman–Crippen MR) is 52.9 cm³/mol. The molecule has 86 valence electrons. The van der Waals surface area contributed by atoms with Crippen molar-refractivity contribution in [2.24, 2.45) is 0 Å². The lowest BCUT2D eigenvalue weighted by Gasteiger charge is -2.12. The molecular weight excluding hydrogens is 252 g/mol. The summed E-state index contributed by atoms with van der Waals surface area (Å²) in [4.78, 5) is 0. The molecule has 0 radical (unpaired) electrons. The van der Waals surface area contributed by atoms with Gasteiger partial charge in [-0.2, -0.15) is 0 Å². The molecule has 0 N–H and O–H groups in total. The van der Waals surface area contributed by atoms with Crippen molar-refractivity contribution < 1.29 is 25.3 Å². The minimum atomic E-state index is -4.17. The molecule has 0 aliphatic heterocycles. The molecule has 0 amide bonds. The third-order valence-corrected chi connectivity index (χ3v) is 10.1. The van der Waals surface area contributed by atoms with Crippen molar-refractivity contribution in [3.05, 3.63) is 0 Å². The predicted octanol–water partition coefficient (Wildman–Crippen LogP) is -1.21. The van der Waals surface area contributed by atoms with Crippen LogP contribution in [-0.2, 0) is 29.5 Å². The van der Waals surface area contributed by atoms with Gasteiger partial charge in [-0.3, -0.25) is 0 Å². The largest absolute Gasteiger partial charge is 0.261 e. The van der Waals surface area contributed by atoms with Gasteiger partial charge in [-0.05, 0) is 0 Å². The molecule has 0 aromatic rings. The first-order valence-corrected chi connectivity index (χ1v) is 9.14. The summed E-state index contributed by atoms with van der Waals surface area (Å²) in [5.41, 5.74) is 0. The van der Waals surface area contributed by atoms with E-state index in [-0.39, 0.29) is 0 Å². The quantitative estimate of drug-likeness (QED) is 0.631. The van der Waals surface area contributed by atoms with Gasteiger partial charge < -0.3 is 0 Å². The van der Waals surface area contributed by atoms with Crippen LogP contribution in [-0.4, -0.2) is 47.4 Å². The lowest BCUT2D eigenvalue weighted by Crippen LogP contribution is -2.37. The Labute approximate surface area is 84.1 Å². The molecule has 0 aromatic carbocycles. The van der Waals surface area contributed by atoms with Crippen molar-refractivity contribution in [2.75, 3.05) is 18.3 Å². The van der Waals surface area contributed by atoms with Crippen LogP contribution < -0.4 is 0 Å². The van der Waals surface area contributed by atoms with Crippen LogP contribution in [0.25, 0.3) is 0 Å². The van der Waals surface area contributed by atoms with Gasteiger partial charge in [0.2, 0.25) is 0 Å². The van der Waals surface area contributed by atoms with Crippen molar-refractivity contribution in [1.82, 2.24) is 0 Å². The van der Waals surface area contributed by atoms with E-state index in [9.17, 15) is 25.3 Å². The van der Waals surface area contributed by atoms with Gasteiger partial charge in [0, 0.05) is 18.3 Å². The molecule has 0 aliphatic carbocycles. The van der Waals surface area contributed by atoms with E-state index in [1.165, 1.54) is 6.92 Å². The summed E-state index contributed by atoms with van der Waals surface area (Å²) in [6.45, 7) is 1.19. The van der Waals surface area contributed by atoms with Crippen LogP contribution in [0.4, 0.5) is 0 Å². The average Bonchev–Trinajstić information content (AvgIpc) is 1.79. The number of hydrogen-bond donors (Lipinski definition) is 0. The van der Waals surface area contributed by atoms with E-state index in [2.05, 4.69) is 0 Å². The normalized spacial score (nSPS) is 14.6. The average molecular weight is 264 g/mol. The van der Waals surface area contributed by atoms with Gasteiger partial charge >= 0.3 is 0 Å². The van der Waals surface area contributed by atoms with E-state index in [4.69, 9.17) is 0 Å². The zero-order valence-electron chi connectivity index (χ0n) is 7.96. The van der Waals surface area contributed by atoms with Gasteiger partial charge in [0.1, 0.15) is 0 Å². The summed E-state index contributed by atoms with van der Waals surface area (Å²) in [5, 5.41) is 0. The lowest BCUT2D eigenvalue weighted by atomic mass is 11.0. The Morgan fingerprint density at radius 1 is 0.857 bits per heavy atom.